The Labute approximate surface area is 130 Å². The van der Waals surface area contributed by atoms with Crippen LogP contribution in [0.1, 0.15) is 52.6 Å². The van der Waals surface area contributed by atoms with E-state index in [9.17, 15) is 0 Å². The van der Waals surface area contributed by atoms with Crippen LogP contribution < -0.4 is 10.1 Å². The molecule has 3 heteroatoms. The van der Waals surface area contributed by atoms with E-state index in [-0.39, 0.29) is 17.6 Å². The fourth-order valence-corrected chi connectivity index (χ4v) is 2.56. The van der Waals surface area contributed by atoms with E-state index in [2.05, 4.69) is 52.1 Å². The van der Waals surface area contributed by atoms with Crippen molar-refractivity contribution < 1.29 is 9.47 Å². The van der Waals surface area contributed by atoms with Gasteiger partial charge in [-0.15, -0.1) is 0 Å². The molecule has 0 aromatic heterocycles. The normalized spacial score (nSPS) is 14.8. The number of ether oxygens (including phenoxy) is 2. The predicted molar refractivity (Wildman–Crippen MR) is 88.9 cm³/mol. The van der Waals surface area contributed by atoms with Crippen LogP contribution in [0, 0.1) is 5.41 Å². The van der Waals surface area contributed by atoms with Gasteiger partial charge in [0.1, 0.15) is 5.75 Å². The molecule has 0 saturated heterocycles. The minimum absolute atomic E-state index is 0.0600. The van der Waals surface area contributed by atoms with Gasteiger partial charge in [0.05, 0.1) is 19.3 Å². The smallest absolute Gasteiger partial charge is 0.119 e. The van der Waals surface area contributed by atoms with Gasteiger partial charge in [-0.3, -0.25) is 0 Å². The van der Waals surface area contributed by atoms with Gasteiger partial charge in [0.15, 0.2) is 0 Å². The Hall–Kier alpha value is -1.06. The fourth-order valence-electron chi connectivity index (χ4n) is 2.56. The van der Waals surface area contributed by atoms with Crippen LogP contribution in [0.25, 0.3) is 0 Å². The van der Waals surface area contributed by atoms with Gasteiger partial charge in [-0.2, -0.15) is 0 Å². The van der Waals surface area contributed by atoms with Gasteiger partial charge >= 0.3 is 0 Å². The molecule has 3 nitrogen and oxygen atoms in total. The lowest BCUT2D eigenvalue weighted by molar-refractivity contribution is -0.0366. The molecule has 0 aliphatic carbocycles. The number of hydrogen-bond acceptors (Lipinski definition) is 3. The Morgan fingerprint density at radius 3 is 2.43 bits per heavy atom. The molecule has 0 amide bonds. The highest BCUT2D eigenvalue weighted by Gasteiger charge is 2.33. The maximum atomic E-state index is 6.09. The van der Waals surface area contributed by atoms with Crippen molar-refractivity contribution in [2.24, 2.45) is 5.41 Å². The molecule has 2 atom stereocenters. The van der Waals surface area contributed by atoms with Crippen LogP contribution in [0.15, 0.2) is 24.3 Å². The third-order valence-corrected chi connectivity index (χ3v) is 3.57. The van der Waals surface area contributed by atoms with E-state index in [0.29, 0.717) is 0 Å². The minimum atomic E-state index is 0.0600. The predicted octanol–water partition coefficient (Wildman–Crippen LogP) is 4.19. The van der Waals surface area contributed by atoms with Crippen molar-refractivity contribution in [1.29, 1.82) is 0 Å². The van der Waals surface area contributed by atoms with Gasteiger partial charge in [0.25, 0.3) is 0 Å². The Balaban J connectivity index is 3.12. The Morgan fingerprint density at radius 2 is 1.90 bits per heavy atom. The van der Waals surface area contributed by atoms with Gasteiger partial charge in [0.2, 0.25) is 0 Å². The van der Waals surface area contributed by atoms with Crippen molar-refractivity contribution in [2.75, 3.05) is 20.3 Å². The number of benzene rings is 1. The lowest BCUT2D eigenvalue weighted by atomic mass is 9.81. The van der Waals surface area contributed by atoms with Crippen LogP contribution in [-0.2, 0) is 4.74 Å². The standard InChI is InChI=1S/C18H31NO2/c1-7-12-19-16(17(21-8-2)18(3,4)5)14-10-9-11-15(13-14)20-6/h9-11,13,16-17,19H,7-8,12H2,1-6H3. The number of hydrogen-bond donors (Lipinski definition) is 1. The van der Waals surface area contributed by atoms with Gasteiger partial charge in [-0.05, 0) is 43.0 Å². The molecule has 1 aromatic rings. The zero-order chi connectivity index (χ0) is 15.9. The third-order valence-electron chi connectivity index (χ3n) is 3.57. The molecular formula is C18H31NO2. The molecule has 1 rings (SSSR count). The summed E-state index contributed by atoms with van der Waals surface area (Å²) >= 11 is 0. The van der Waals surface area contributed by atoms with Crippen molar-refractivity contribution in [3.8, 4) is 5.75 Å². The summed E-state index contributed by atoms with van der Waals surface area (Å²) in [6.45, 7) is 12.6. The molecule has 120 valence electrons. The summed E-state index contributed by atoms with van der Waals surface area (Å²) in [6.07, 6.45) is 1.21. The molecule has 0 bridgehead atoms. The number of rotatable bonds is 8. The van der Waals surface area contributed by atoms with E-state index in [0.717, 1.165) is 25.3 Å². The van der Waals surface area contributed by atoms with Crippen molar-refractivity contribution in [3.05, 3.63) is 29.8 Å². The van der Waals surface area contributed by atoms with Crippen molar-refractivity contribution in [1.82, 2.24) is 5.32 Å². The van der Waals surface area contributed by atoms with E-state index in [1.54, 1.807) is 7.11 Å². The molecule has 0 aliphatic heterocycles. The quantitative estimate of drug-likeness (QED) is 0.779. The van der Waals surface area contributed by atoms with Crippen LogP contribution in [0.2, 0.25) is 0 Å². The van der Waals surface area contributed by atoms with Crippen LogP contribution in [0.4, 0.5) is 0 Å². The van der Waals surface area contributed by atoms with Crippen LogP contribution in [0.5, 0.6) is 5.75 Å². The largest absolute Gasteiger partial charge is 0.497 e. The first-order valence-electron chi connectivity index (χ1n) is 7.93. The fraction of sp³-hybridized carbons (Fsp3) is 0.667. The van der Waals surface area contributed by atoms with Gasteiger partial charge in [0, 0.05) is 6.61 Å². The second-order valence-electron chi connectivity index (χ2n) is 6.45. The van der Waals surface area contributed by atoms with Gasteiger partial charge in [-0.25, -0.2) is 0 Å². The van der Waals surface area contributed by atoms with Gasteiger partial charge in [-0.1, -0.05) is 39.8 Å². The van der Waals surface area contributed by atoms with Gasteiger partial charge < -0.3 is 14.8 Å². The maximum absolute atomic E-state index is 6.09. The number of nitrogens with one attached hydrogen (secondary N) is 1. The first kappa shape index (κ1) is 18.0. The highest BCUT2D eigenvalue weighted by atomic mass is 16.5. The van der Waals surface area contributed by atoms with E-state index < -0.39 is 0 Å². The van der Waals surface area contributed by atoms with E-state index in [1.165, 1.54) is 5.56 Å². The van der Waals surface area contributed by atoms with Crippen LogP contribution >= 0.6 is 0 Å². The topological polar surface area (TPSA) is 30.5 Å². The summed E-state index contributed by atoms with van der Waals surface area (Å²) < 4.78 is 11.5. The summed E-state index contributed by atoms with van der Waals surface area (Å²) in [4.78, 5) is 0. The van der Waals surface area contributed by atoms with Crippen molar-refractivity contribution in [3.63, 3.8) is 0 Å². The Kier molecular flexibility index (Phi) is 7.20. The highest BCUT2D eigenvalue weighted by molar-refractivity contribution is 5.31. The average molecular weight is 293 g/mol. The highest BCUT2D eigenvalue weighted by Crippen LogP contribution is 2.34. The van der Waals surface area contributed by atoms with E-state index in [1.807, 2.05) is 12.1 Å². The molecular weight excluding hydrogens is 262 g/mol. The molecule has 1 N–H and O–H groups in total. The van der Waals surface area contributed by atoms with E-state index in [4.69, 9.17) is 9.47 Å². The second kappa shape index (κ2) is 8.40. The lowest BCUT2D eigenvalue weighted by Crippen LogP contribution is -2.42. The third kappa shape index (κ3) is 5.33. The van der Waals surface area contributed by atoms with Crippen molar-refractivity contribution >= 4 is 0 Å². The first-order chi connectivity index (χ1) is 9.93. The molecule has 0 saturated carbocycles. The zero-order valence-corrected chi connectivity index (χ0v) is 14.4. The first-order valence-corrected chi connectivity index (χ1v) is 7.93. The molecule has 0 spiro atoms. The van der Waals surface area contributed by atoms with Crippen LogP contribution in [0.3, 0.4) is 0 Å². The minimum Gasteiger partial charge on any atom is -0.497 e. The molecule has 2 unspecified atom stereocenters. The summed E-state index contributed by atoms with van der Waals surface area (Å²) in [5.41, 5.74) is 1.28. The number of methoxy groups -OCH3 is 1. The molecule has 0 heterocycles. The molecule has 0 aliphatic rings. The average Bonchev–Trinajstić information content (AvgIpc) is 2.45. The summed E-state index contributed by atoms with van der Waals surface area (Å²) in [5, 5.41) is 3.65. The SMILES string of the molecule is CCCNC(c1cccc(OC)c1)C(OCC)C(C)(C)C. The summed E-state index contributed by atoms with van der Waals surface area (Å²) in [6, 6.07) is 8.44. The van der Waals surface area contributed by atoms with Crippen molar-refractivity contribution in [2.45, 2.75) is 53.2 Å². The Morgan fingerprint density at radius 1 is 1.19 bits per heavy atom. The lowest BCUT2D eigenvalue weighted by Gasteiger charge is -2.37. The summed E-state index contributed by atoms with van der Waals surface area (Å²) in [7, 11) is 1.71. The monoisotopic (exact) mass is 293 g/mol. The van der Waals surface area contributed by atoms with E-state index >= 15 is 0 Å². The molecule has 0 fully saturated rings. The van der Waals surface area contributed by atoms with Crippen LogP contribution in [-0.4, -0.2) is 26.4 Å². The molecule has 0 radical (unpaired) electrons. The molecule has 1 aromatic carbocycles. The zero-order valence-electron chi connectivity index (χ0n) is 14.4. The maximum Gasteiger partial charge on any atom is 0.119 e. The molecule has 21 heavy (non-hydrogen) atoms. The second-order valence-corrected chi connectivity index (χ2v) is 6.45. The summed E-state index contributed by atoms with van der Waals surface area (Å²) in [5.74, 6) is 0.889. The Bertz CT molecular complexity index is 412.